The molecule has 0 saturated carbocycles. The summed E-state index contributed by atoms with van der Waals surface area (Å²) in [7, 11) is 5.15. The quantitative estimate of drug-likeness (QED) is 0.330. The number of hydrogen-bond acceptors (Lipinski definition) is 11. The summed E-state index contributed by atoms with van der Waals surface area (Å²) in [6.07, 6.45) is -5.51. The third-order valence-corrected chi connectivity index (χ3v) is 9.14. The molecule has 2 heterocycles. The molecule has 13 atom stereocenters. The molecule has 2 aliphatic heterocycles. The highest BCUT2D eigenvalue weighted by molar-refractivity contribution is 6.00. The molecule has 0 bridgehead atoms. The minimum Gasteiger partial charge on any atom is -0.459 e. The standard InChI is InChI=1S/C29H51NO10/c1-14-13-28(7,37-11)25(40-27-23(33)20(30(9)10)12-15(2)38-27)17(4)22(32)18(5)26(35)39-19(6)29(8,36)24(34)16(3)21(14)31/h14-20,23-25,27,33-34,36H,12-13H2,1-11H3/t14-,15-,16+,17+,18-,19?,20+,23-,24-,25-,27?,28+,29-/m1/s1. The second-order valence-corrected chi connectivity index (χ2v) is 12.6. The molecule has 2 saturated heterocycles. The molecule has 0 aromatic rings. The molecule has 0 aromatic carbocycles. The largest absolute Gasteiger partial charge is 0.459 e. The van der Waals surface area contributed by atoms with Crippen LogP contribution in [0.5, 0.6) is 0 Å². The zero-order valence-electron chi connectivity index (χ0n) is 25.9. The first kappa shape index (κ1) is 34.7. The summed E-state index contributed by atoms with van der Waals surface area (Å²) in [5, 5.41) is 33.2. The van der Waals surface area contributed by atoms with Crippen LogP contribution in [0.15, 0.2) is 0 Å². The number of rotatable bonds is 4. The van der Waals surface area contributed by atoms with Gasteiger partial charge < -0.3 is 39.2 Å². The molecule has 2 fully saturated rings. The third-order valence-electron chi connectivity index (χ3n) is 9.14. The fourth-order valence-electron chi connectivity index (χ4n) is 6.02. The van der Waals surface area contributed by atoms with E-state index in [9.17, 15) is 29.7 Å². The summed E-state index contributed by atoms with van der Waals surface area (Å²) in [4.78, 5) is 42.1. The lowest BCUT2D eigenvalue weighted by atomic mass is 9.74. The Kier molecular flexibility index (Phi) is 11.5. The molecule has 0 radical (unpaired) electrons. The molecule has 2 unspecified atom stereocenters. The lowest BCUT2D eigenvalue weighted by molar-refractivity contribution is -0.295. The van der Waals surface area contributed by atoms with Gasteiger partial charge in [-0.1, -0.05) is 20.8 Å². The van der Waals surface area contributed by atoms with Crippen LogP contribution >= 0.6 is 0 Å². The summed E-state index contributed by atoms with van der Waals surface area (Å²) in [6.45, 7) is 12.5. The van der Waals surface area contributed by atoms with E-state index in [0.29, 0.717) is 6.42 Å². The fraction of sp³-hybridized carbons (Fsp3) is 0.897. The average molecular weight is 574 g/mol. The minimum absolute atomic E-state index is 0.0910. The maximum atomic E-state index is 13.7. The van der Waals surface area contributed by atoms with Gasteiger partial charge in [0, 0.05) is 30.9 Å². The van der Waals surface area contributed by atoms with E-state index in [1.807, 2.05) is 25.9 Å². The monoisotopic (exact) mass is 573 g/mol. The van der Waals surface area contributed by atoms with Crippen molar-refractivity contribution in [3.63, 3.8) is 0 Å². The lowest BCUT2D eigenvalue weighted by Crippen LogP contribution is -2.59. The van der Waals surface area contributed by atoms with Crippen LogP contribution in [0, 0.1) is 23.7 Å². The number of esters is 1. The molecular weight excluding hydrogens is 522 g/mol. The second-order valence-electron chi connectivity index (χ2n) is 12.6. The van der Waals surface area contributed by atoms with Gasteiger partial charge in [0.2, 0.25) is 0 Å². The van der Waals surface area contributed by atoms with Crippen molar-refractivity contribution in [2.75, 3.05) is 21.2 Å². The van der Waals surface area contributed by atoms with Crippen LogP contribution in [0.1, 0.15) is 68.2 Å². The van der Waals surface area contributed by atoms with E-state index >= 15 is 0 Å². The van der Waals surface area contributed by atoms with Crippen molar-refractivity contribution in [2.24, 2.45) is 23.7 Å². The Morgan fingerprint density at radius 2 is 1.52 bits per heavy atom. The number of hydrogen-bond donors (Lipinski definition) is 3. The second kappa shape index (κ2) is 13.2. The van der Waals surface area contributed by atoms with Crippen molar-refractivity contribution in [3.8, 4) is 0 Å². The van der Waals surface area contributed by atoms with E-state index in [2.05, 4.69) is 0 Å². The highest BCUT2D eigenvalue weighted by Gasteiger charge is 2.51. The van der Waals surface area contributed by atoms with Crippen molar-refractivity contribution in [2.45, 2.75) is 122 Å². The van der Waals surface area contributed by atoms with E-state index in [-0.39, 0.29) is 24.3 Å². The Bertz CT molecular complexity index is 909. The van der Waals surface area contributed by atoms with Gasteiger partial charge in [0.25, 0.3) is 0 Å². The molecule has 0 spiro atoms. The Labute approximate surface area is 238 Å². The minimum atomic E-state index is -1.95. The highest BCUT2D eigenvalue weighted by atomic mass is 16.7. The molecule has 3 N–H and O–H groups in total. The predicted molar refractivity (Wildman–Crippen MR) is 146 cm³/mol. The zero-order valence-corrected chi connectivity index (χ0v) is 25.9. The first-order valence-electron chi connectivity index (χ1n) is 14.2. The molecule has 40 heavy (non-hydrogen) atoms. The molecule has 2 rings (SSSR count). The average Bonchev–Trinajstić information content (AvgIpc) is 2.89. The first-order chi connectivity index (χ1) is 18.3. The molecule has 0 aromatic heterocycles. The Morgan fingerprint density at radius 3 is 2.05 bits per heavy atom. The molecule has 11 heteroatoms. The van der Waals surface area contributed by atoms with Crippen LogP contribution in [-0.4, -0.2) is 113 Å². The number of ketones is 2. The number of carbonyl (C=O) groups excluding carboxylic acids is 3. The van der Waals surface area contributed by atoms with E-state index in [0.717, 1.165) is 0 Å². The van der Waals surface area contributed by atoms with E-state index in [4.69, 9.17) is 18.9 Å². The van der Waals surface area contributed by atoms with Gasteiger partial charge in [0.1, 0.15) is 29.5 Å². The van der Waals surface area contributed by atoms with Gasteiger partial charge in [0.05, 0.1) is 23.9 Å². The number of methoxy groups -OCH3 is 1. The number of aliphatic hydroxyl groups is 3. The van der Waals surface area contributed by atoms with Gasteiger partial charge >= 0.3 is 5.97 Å². The van der Waals surface area contributed by atoms with Gasteiger partial charge in [-0.2, -0.15) is 0 Å². The van der Waals surface area contributed by atoms with Crippen molar-refractivity contribution in [3.05, 3.63) is 0 Å². The van der Waals surface area contributed by atoms with Crippen molar-refractivity contribution >= 4 is 17.5 Å². The Balaban J connectivity index is 2.59. The number of nitrogens with zero attached hydrogens (tertiary/aromatic N) is 1. The summed E-state index contributed by atoms with van der Waals surface area (Å²) in [5.74, 6) is -5.58. The number of Topliss-reactive ketones (excluding diaryl/α,β-unsaturated/α-hetero) is 2. The van der Waals surface area contributed by atoms with Crippen LogP contribution in [-0.2, 0) is 33.3 Å². The number of carbonyl (C=O) groups is 3. The van der Waals surface area contributed by atoms with Crippen molar-refractivity contribution in [1.29, 1.82) is 0 Å². The Morgan fingerprint density at radius 1 is 0.950 bits per heavy atom. The smallest absolute Gasteiger partial charge is 0.316 e. The van der Waals surface area contributed by atoms with E-state index in [1.54, 1.807) is 20.8 Å². The SMILES string of the molecule is CO[C@@]1(C)C[C@@H](C)C(=O)[C@H](C)[C@@H](O)[C@](C)(O)C(C)OC(=O)[C@H](C)C(=O)[C@H](C)[C@H]1OC1O[C@H](C)C[C@H](N(C)C)[C@H]1O. The van der Waals surface area contributed by atoms with Gasteiger partial charge in [0.15, 0.2) is 12.1 Å². The van der Waals surface area contributed by atoms with E-state index in [1.165, 1.54) is 34.8 Å². The maximum Gasteiger partial charge on any atom is 0.316 e. The van der Waals surface area contributed by atoms with Crippen LogP contribution in [0.3, 0.4) is 0 Å². The van der Waals surface area contributed by atoms with Gasteiger partial charge in [-0.15, -0.1) is 0 Å². The van der Waals surface area contributed by atoms with Gasteiger partial charge in [-0.25, -0.2) is 0 Å². The van der Waals surface area contributed by atoms with E-state index < -0.39 is 77.3 Å². The number of cyclic esters (lactones) is 1. The number of aliphatic hydroxyl groups excluding tert-OH is 2. The fourth-order valence-corrected chi connectivity index (χ4v) is 6.02. The highest BCUT2D eigenvalue weighted by Crippen LogP contribution is 2.38. The van der Waals surface area contributed by atoms with Crippen LogP contribution in [0.2, 0.25) is 0 Å². The number of ether oxygens (including phenoxy) is 4. The molecule has 0 amide bonds. The maximum absolute atomic E-state index is 13.7. The zero-order chi connectivity index (χ0) is 30.9. The van der Waals surface area contributed by atoms with Gasteiger partial charge in [-0.3, -0.25) is 14.4 Å². The Hall–Kier alpha value is -1.47. The molecular formula is C29H51NO10. The molecule has 232 valence electrons. The third kappa shape index (κ3) is 7.11. The summed E-state index contributed by atoms with van der Waals surface area (Å²) < 4.78 is 23.8. The molecule has 0 aliphatic carbocycles. The molecule has 2 aliphatic rings. The van der Waals surface area contributed by atoms with Crippen LogP contribution in [0.25, 0.3) is 0 Å². The van der Waals surface area contributed by atoms with Gasteiger partial charge in [-0.05, 0) is 61.6 Å². The first-order valence-corrected chi connectivity index (χ1v) is 14.2. The molecule has 11 nitrogen and oxygen atoms in total. The summed E-state index contributed by atoms with van der Waals surface area (Å²) >= 11 is 0. The summed E-state index contributed by atoms with van der Waals surface area (Å²) in [5.41, 5.74) is -3.21. The number of likely N-dealkylation sites (N-methyl/N-ethyl adjacent to an activating group) is 1. The van der Waals surface area contributed by atoms with Crippen LogP contribution in [0.4, 0.5) is 0 Å². The van der Waals surface area contributed by atoms with Crippen LogP contribution < -0.4 is 0 Å². The topological polar surface area (TPSA) is 152 Å². The lowest BCUT2D eigenvalue weighted by Gasteiger charge is -2.47. The van der Waals surface area contributed by atoms with Crippen molar-refractivity contribution < 1.29 is 48.7 Å². The normalized spacial score (nSPS) is 46.7. The summed E-state index contributed by atoms with van der Waals surface area (Å²) in [6, 6.07) is -0.266. The predicted octanol–water partition coefficient (Wildman–Crippen LogP) is 1.33. The van der Waals surface area contributed by atoms with Crippen molar-refractivity contribution in [1.82, 2.24) is 4.90 Å².